The van der Waals surface area contributed by atoms with E-state index in [1.54, 1.807) is 4.57 Å². The van der Waals surface area contributed by atoms with Crippen LogP contribution in [0.5, 0.6) is 0 Å². The van der Waals surface area contributed by atoms with Crippen molar-refractivity contribution in [3.63, 3.8) is 0 Å². The van der Waals surface area contributed by atoms with Crippen molar-refractivity contribution < 1.29 is 0 Å². The summed E-state index contributed by atoms with van der Waals surface area (Å²) in [6, 6.07) is 5.91. The molecule has 17 heavy (non-hydrogen) atoms. The number of nitrogens with one attached hydrogen (secondary N) is 1. The number of aromatic nitrogens is 2. The van der Waals surface area contributed by atoms with Gasteiger partial charge in [0, 0.05) is 17.1 Å². The minimum Gasteiger partial charge on any atom is -0.306 e. The number of nitrogens with zero attached hydrogens (tertiary/aromatic N) is 2. The van der Waals surface area contributed by atoms with Crippen molar-refractivity contribution in [2.45, 2.75) is 26.1 Å². The number of fused-ring (bicyclic) bond motifs is 2. The predicted molar refractivity (Wildman–Crippen MR) is 70.0 cm³/mol. The minimum absolute atomic E-state index is 0.0610. The van der Waals surface area contributed by atoms with Gasteiger partial charge < -0.3 is 5.32 Å². The number of halogens is 1. The first-order chi connectivity index (χ1) is 8.15. The molecule has 1 aromatic heterocycles. The Morgan fingerprint density at radius 1 is 1.53 bits per heavy atom. The van der Waals surface area contributed by atoms with Crippen molar-refractivity contribution in [3.8, 4) is 0 Å². The van der Waals surface area contributed by atoms with Crippen LogP contribution in [-0.4, -0.2) is 15.6 Å². The molecule has 88 valence electrons. The molecule has 0 radical (unpaired) electrons. The van der Waals surface area contributed by atoms with E-state index in [4.69, 9.17) is 0 Å². The van der Waals surface area contributed by atoms with E-state index in [-0.39, 0.29) is 5.56 Å². The molecule has 1 aliphatic rings. The van der Waals surface area contributed by atoms with Crippen LogP contribution >= 0.6 is 15.9 Å². The monoisotopic (exact) mass is 293 g/mol. The zero-order chi connectivity index (χ0) is 12.0. The second kappa shape index (κ2) is 3.92. The molecule has 3 rings (SSSR count). The Labute approximate surface area is 107 Å². The van der Waals surface area contributed by atoms with Crippen LogP contribution < -0.4 is 10.9 Å². The maximum atomic E-state index is 12.3. The number of rotatable bonds is 0. The number of benzene rings is 1. The second-order valence-corrected chi connectivity index (χ2v) is 5.30. The molecule has 5 heteroatoms. The van der Waals surface area contributed by atoms with Crippen LogP contribution in [0.25, 0.3) is 10.9 Å². The van der Waals surface area contributed by atoms with Crippen molar-refractivity contribution in [1.29, 1.82) is 0 Å². The van der Waals surface area contributed by atoms with Gasteiger partial charge in [0.1, 0.15) is 5.82 Å². The van der Waals surface area contributed by atoms with Gasteiger partial charge in [-0.15, -0.1) is 0 Å². The third-order valence-electron chi connectivity index (χ3n) is 3.06. The Morgan fingerprint density at radius 3 is 3.18 bits per heavy atom. The molecule has 0 fully saturated rings. The zero-order valence-corrected chi connectivity index (χ0v) is 11.0. The third-order valence-corrected chi connectivity index (χ3v) is 3.55. The Bertz CT molecular complexity index is 650. The lowest BCUT2D eigenvalue weighted by Gasteiger charge is -2.24. The van der Waals surface area contributed by atoms with E-state index in [9.17, 15) is 4.79 Å². The minimum atomic E-state index is 0.0610. The fourth-order valence-electron chi connectivity index (χ4n) is 2.17. The van der Waals surface area contributed by atoms with E-state index in [0.29, 0.717) is 24.5 Å². The summed E-state index contributed by atoms with van der Waals surface area (Å²) < 4.78 is 2.72. The predicted octanol–water partition coefficient (Wildman–Crippen LogP) is 1.65. The fourth-order valence-corrected chi connectivity index (χ4v) is 2.52. The molecule has 1 N–H and O–H groups in total. The first-order valence-corrected chi connectivity index (χ1v) is 6.37. The highest BCUT2D eigenvalue weighted by molar-refractivity contribution is 9.10. The molecule has 0 aliphatic carbocycles. The van der Waals surface area contributed by atoms with Gasteiger partial charge in [0.25, 0.3) is 5.56 Å². The maximum Gasteiger partial charge on any atom is 0.261 e. The molecule has 1 unspecified atom stereocenters. The molecule has 1 aromatic carbocycles. The fraction of sp³-hybridized carbons (Fsp3) is 0.333. The van der Waals surface area contributed by atoms with Gasteiger partial charge in [0.15, 0.2) is 0 Å². The van der Waals surface area contributed by atoms with E-state index >= 15 is 0 Å². The summed E-state index contributed by atoms with van der Waals surface area (Å²) in [7, 11) is 0. The van der Waals surface area contributed by atoms with Crippen molar-refractivity contribution in [2.24, 2.45) is 0 Å². The lowest BCUT2D eigenvalue weighted by atomic mass is 10.2. The van der Waals surface area contributed by atoms with E-state index in [2.05, 4.69) is 33.2 Å². The van der Waals surface area contributed by atoms with Gasteiger partial charge in [-0.25, -0.2) is 4.98 Å². The molecule has 4 nitrogen and oxygen atoms in total. The largest absolute Gasteiger partial charge is 0.306 e. The summed E-state index contributed by atoms with van der Waals surface area (Å²) in [5.41, 5.74) is 0.817. The van der Waals surface area contributed by atoms with Gasteiger partial charge in [-0.05, 0) is 25.1 Å². The lowest BCUT2D eigenvalue weighted by Crippen LogP contribution is -2.42. The Kier molecular flexibility index (Phi) is 2.52. The summed E-state index contributed by atoms with van der Waals surface area (Å²) in [5, 5.41) is 4.00. The number of hydrogen-bond donors (Lipinski definition) is 1. The Morgan fingerprint density at radius 2 is 2.35 bits per heavy atom. The van der Waals surface area contributed by atoms with Crippen LogP contribution in [0.1, 0.15) is 12.7 Å². The average molecular weight is 294 g/mol. The smallest absolute Gasteiger partial charge is 0.261 e. The molecule has 2 heterocycles. The van der Waals surface area contributed by atoms with Gasteiger partial charge in [0.05, 0.1) is 17.4 Å². The molecule has 1 atom stereocenters. The molecule has 1 aliphatic heterocycles. The van der Waals surface area contributed by atoms with Crippen LogP contribution in [0, 0.1) is 0 Å². The molecule has 0 saturated heterocycles. The standard InChI is InChI=1S/C12H12BrN3O/c1-7-6-16-11(5-14-7)15-10-4-8(13)2-3-9(10)12(16)17/h2-4,7,14H,5-6H2,1H3. The molecular weight excluding hydrogens is 282 g/mol. The van der Waals surface area contributed by atoms with Crippen LogP contribution in [-0.2, 0) is 13.1 Å². The maximum absolute atomic E-state index is 12.3. The second-order valence-electron chi connectivity index (χ2n) is 4.39. The summed E-state index contributed by atoms with van der Waals surface area (Å²) >= 11 is 3.40. The van der Waals surface area contributed by atoms with Crippen molar-refractivity contribution >= 4 is 26.8 Å². The van der Waals surface area contributed by atoms with E-state index < -0.39 is 0 Å². The van der Waals surface area contributed by atoms with Gasteiger partial charge in [-0.2, -0.15) is 0 Å². The van der Waals surface area contributed by atoms with Gasteiger partial charge in [-0.1, -0.05) is 15.9 Å². The van der Waals surface area contributed by atoms with Crippen molar-refractivity contribution in [3.05, 3.63) is 38.9 Å². The van der Waals surface area contributed by atoms with E-state index in [1.807, 2.05) is 18.2 Å². The van der Waals surface area contributed by atoms with Crippen LogP contribution in [0.2, 0.25) is 0 Å². The van der Waals surface area contributed by atoms with Crippen molar-refractivity contribution in [2.75, 3.05) is 0 Å². The van der Waals surface area contributed by atoms with E-state index in [0.717, 1.165) is 15.8 Å². The molecule has 0 bridgehead atoms. The zero-order valence-electron chi connectivity index (χ0n) is 9.40. The summed E-state index contributed by atoms with van der Waals surface area (Å²) in [5.74, 6) is 0.818. The third kappa shape index (κ3) is 1.79. The highest BCUT2D eigenvalue weighted by Crippen LogP contribution is 2.17. The van der Waals surface area contributed by atoms with Crippen LogP contribution in [0.3, 0.4) is 0 Å². The molecule has 0 spiro atoms. The van der Waals surface area contributed by atoms with E-state index in [1.165, 1.54) is 0 Å². The highest BCUT2D eigenvalue weighted by Gasteiger charge is 2.18. The molecular formula is C12H12BrN3O. The average Bonchev–Trinajstić information content (AvgIpc) is 2.30. The van der Waals surface area contributed by atoms with Gasteiger partial charge >= 0.3 is 0 Å². The summed E-state index contributed by atoms with van der Waals surface area (Å²) in [6.07, 6.45) is 0. The molecule has 0 amide bonds. The molecule has 2 aromatic rings. The van der Waals surface area contributed by atoms with Crippen LogP contribution in [0.15, 0.2) is 27.5 Å². The Balaban J connectivity index is 2.32. The molecule has 0 saturated carbocycles. The van der Waals surface area contributed by atoms with Crippen LogP contribution in [0.4, 0.5) is 0 Å². The Hall–Kier alpha value is -1.20. The SMILES string of the molecule is CC1Cn2c(nc3cc(Br)ccc3c2=O)CN1. The quantitative estimate of drug-likeness (QED) is 0.803. The number of hydrogen-bond acceptors (Lipinski definition) is 3. The summed E-state index contributed by atoms with van der Waals surface area (Å²) in [6.45, 7) is 3.41. The normalized spacial score (nSPS) is 19.3. The first kappa shape index (κ1) is 10.9. The highest BCUT2D eigenvalue weighted by atomic mass is 79.9. The van der Waals surface area contributed by atoms with Gasteiger partial charge in [-0.3, -0.25) is 9.36 Å². The topological polar surface area (TPSA) is 46.9 Å². The first-order valence-electron chi connectivity index (χ1n) is 5.57. The lowest BCUT2D eigenvalue weighted by molar-refractivity contribution is 0.397. The van der Waals surface area contributed by atoms with Gasteiger partial charge in [0.2, 0.25) is 0 Å². The summed E-state index contributed by atoms with van der Waals surface area (Å²) in [4.78, 5) is 16.9. The van der Waals surface area contributed by atoms with Crippen molar-refractivity contribution in [1.82, 2.24) is 14.9 Å².